The largest absolute Gasteiger partial charge is 0.508 e. The highest BCUT2D eigenvalue weighted by Gasteiger charge is 2.28. The maximum absolute atomic E-state index is 14.1. The number of rotatable bonds is 11. The lowest BCUT2D eigenvalue weighted by Crippen LogP contribution is -2.48. The second kappa shape index (κ2) is 13.0. The SMILES string of the molecule is N=C(N)NCCC[C@@H](NC(=O)C(c1ccccc1)c1ccccc1)C(=O)NCc1c(F)cc(O)cc1F. The maximum atomic E-state index is 14.1. The van der Waals surface area contributed by atoms with E-state index in [1.54, 1.807) is 0 Å². The number of guanidine groups is 1. The molecule has 1 atom stereocenters. The van der Waals surface area contributed by atoms with E-state index >= 15 is 0 Å². The number of phenols is 1. The van der Waals surface area contributed by atoms with Crippen molar-refractivity contribution in [3.05, 3.63) is 101 Å². The van der Waals surface area contributed by atoms with E-state index < -0.39 is 53.3 Å². The number of carbonyl (C=O) groups is 2. The van der Waals surface area contributed by atoms with E-state index in [1.165, 1.54) is 0 Å². The van der Waals surface area contributed by atoms with Gasteiger partial charge in [-0.2, -0.15) is 0 Å². The lowest BCUT2D eigenvalue weighted by atomic mass is 9.90. The Kier molecular flexibility index (Phi) is 9.54. The highest BCUT2D eigenvalue weighted by molar-refractivity contribution is 5.92. The molecule has 0 bridgehead atoms. The molecule has 2 amide bonds. The number of nitrogens with one attached hydrogen (secondary N) is 4. The molecular weight excluding hydrogens is 480 g/mol. The number of benzene rings is 3. The Labute approximate surface area is 213 Å². The number of aromatic hydroxyl groups is 1. The molecule has 0 aliphatic carbocycles. The molecule has 0 radical (unpaired) electrons. The van der Waals surface area contributed by atoms with Crippen LogP contribution in [0.3, 0.4) is 0 Å². The normalized spacial score (nSPS) is 11.5. The Hall–Kier alpha value is -4.47. The average molecular weight is 510 g/mol. The number of carbonyl (C=O) groups excluding carboxylic acids is 2. The van der Waals surface area contributed by atoms with E-state index in [4.69, 9.17) is 11.1 Å². The Bertz CT molecular complexity index is 1160. The molecule has 0 saturated carbocycles. The van der Waals surface area contributed by atoms with Gasteiger partial charge < -0.3 is 26.8 Å². The Morgan fingerprint density at radius 2 is 1.43 bits per heavy atom. The molecule has 10 heteroatoms. The molecule has 8 nitrogen and oxygen atoms in total. The number of hydrogen-bond donors (Lipinski definition) is 6. The van der Waals surface area contributed by atoms with E-state index in [9.17, 15) is 23.5 Å². The van der Waals surface area contributed by atoms with Gasteiger partial charge in [0, 0.05) is 30.8 Å². The molecule has 0 aromatic heterocycles. The average Bonchev–Trinajstić information content (AvgIpc) is 2.86. The highest BCUT2D eigenvalue weighted by atomic mass is 19.1. The van der Waals surface area contributed by atoms with Crippen LogP contribution in [0.1, 0.15) is 35.4 Å². The zero-order valence-corrected chi connectivity index (χ0v) is 20.0. The molecule has 3 aromatic rings. The summed E-state index contributed by atoms with van der Waals surface area (Å²) in [4.78, 5) is 26.6. The van der Waals surface area contributed by atoms with Crippen LogP contribution in [-0.2, 0) is 16.1 Å². The van der Waals surface area contributed by atoms with Gasteiger partial charge in [-0.15, -0.1) is 0 Å². The maximum Gasteiger partial charge on any atom is 0.242 e. The van der Waals surface area contributed by atoms with Crippen LogP contribution < -0.4 is 21.7 Å². The molecule has 0 aliphatic rings. The van der Waals surface area contributed by atoms with Gasteiger partial charge in [0.15, 0.2) is 5.96 Å². The van der Waals surface area contributed by atoms with E-state index in [0.29, 0.717) is 6.42 Å². The fourth-order valence-electron chi connectivity index (χ4n) is 3.90. The summed E-state index contributed by atoms with van der Waals surface area (Å²) < 4.78 is 28.2. The molecule has 0 spiro atoms. The second-order valence-corrected chi connectivity index (χ2v) is 8.40. The fraction of sp³-hybridized carbons (Fsp3) is 0.222. The van der Waals surface area contributed by atoms with Crippen LogP contribution in [0.4, 0.5) is 8.78 Å². The van der Waals surface area contributed by atoms with Crippen LogP contribution in [0.25, 0.3) is 0 Å². The van der Waals surface area contributed by atoms with Crippen LogP contribution in [0, 0.1) is 17.0 Å². The number of halogens is 2. The first kappa shape index (κ1) is 27.1. The van der Waals surface area contributed by atoms with Crippen molar-refractivity contribution in [3.63, 3.8) is 0 Å². The van der Waals surface area contributed by atoms with Crippen molar-refractivity contribution in [2.45, 2.75) is 31.3 Å². The van der Waals surface area contributed by atoms with Crippen molar-refractivity contribution in [1.29, 1.82) is 5.41 Å². The summed E-state index contributed by atoms with van der Waals surface area (Å²) in [7, 11) is 0. The molecule has 7 N–H and O–H groups in total. The minimum absolute atomic E-state index is 0.175. The standard InChI is InChI=1S/C27H29F2N5O3/c28-21-14-19(35)15-22(29)20(21)16-33-25(36)23(12-7-13-32-27(30)31)34-26(37)24(17-8-3-1-4-9-17)18-10-5-2-6-11-18/h1-6,8-11,14-15,23-24,35H,7,12-13,16H2,(H,33,36)(H,34,37)(H4,30,31,32)/t23-/m1/s1. The van der Waals surface area contributed by atoms with Crippen molar-refractivity contribution in [3.8, 4) is 5.75 Å². The van der Waals surface area contributed by atoms with Gasteiger partial charge in [0.25, 0.3) is 0 Å². The molecule has 0 fully saturated rings. The molecule has 3 rings (SSSR count). The van der Waals surface area contributed by atoms with Crippen molar-refractivity contribution in [2.75, 3.05) is 6.54 Å². The number of amides is 2. The summed E-state index contributed by atoms with van der Waals surface area (Å²) in [6, 6.07) is 18.7. The van der Waals surface area contributed by atoms with Crippen LogP contribution >= 0.6 is 0 Å². The van der Waals surface area contributed by atoms with E-state index in [0.717, 1.165) is 23.3 Å². The van der Waals surface area contributed by atoms with Gasteiger partial charge >= 0.3 is 0 Å². The first-order valence-corrected chi connectivity index (χ1v) is 11.7. The third kappa shape index (κ3) is 7.76. The first-order valence-electron chi connectivity index (χ1n) is 11.7. The third-order valence-corrected chi connectivity index (χ3v) is 5.71. The summed E-state index contributed by atoms with van der Waals surface area (Å²) in [5.74, 6) is -4.55. The Morgan fingerprint density at radius 1 is 0.892 bits per heavy atom. The predicted molar refractivity (Wildman–Crippen MR) is 136 cm³/mol. The minimum Gasteiger partial charge on any atom is -0.508 e. The van der Waals surface area contributed by atoms with E-state index in [1.807, 2.05) is 60.7 Å². The summed E-state index contributed by atoms with van der Waals surface area (Å²) >= 11 is 0. The molecule has 0 aliphatic heterocycles. The minimum atomic E-state index is -1.03. The van der Waals surface area contributed by atoms with Gasteiger partial charge in [-0.3, -0.25) is 15.0 Å². The van der Waals surface area contributed by atoms with Crippen molar-refractivity contribution < 1.29 is 23.5 Å². The predicted octanol–water partition coefficient (Wildman–Crippen LogP) is 2.87. The quantitative estimate of drug-likeness (QED) is 0.134. The lowest BCUT2D eigenvalue weighted by Gasteiger charge is -2.23. The van der Waals surface area contributed by atoms with Gasteiger partial charge in [-0.1, -0.05) is 60.7 Å². The van der Waals surface area contributed by atoms with Crippen LogP contribution in [-0.4, -0.2) is 35.5 Å². The summed E-state index contributed by atoms with van der Waals surface area (Å²) in [6.07, 6.45) is 0.552. The molecule has 3 aromatic carbocycles. The second-order valence-electron chi connectivity index (χ2n) is 8.40. The number of nitrogens with two attached hydrogens (primary N) is 1. The summed E-state index contributed by atoms with van der Waals surface area (Å²) in [5, 5.41) is 24.5. The molecule has 0 unspecified atom stereocenters. The van der Waals surface area contributed by atoms with Gasteiger partial charge in [-0.25, -0.2) is 8.78 Å². The Morgan fingerprint density at radius 3 is 1.95 bits per heavy atom. The first-order chi connectivity index (χ1) is 17.8. The fourth-order valence-corrected chi connectivity index (χ4v) is 3.90. The molecular formula is C27H29F2N5O3. The summed E-state index contributed by atoms with van der Waals surface area (Å²) in [5.41, 5.74) is 6.35. The monoisotopic (exact) mass is 509 g/mol. The smallest absolute Gasteiger partial charge is 0.242 e. The van der Waals surface area contributed by atoms with Crippen LogP contribution in [0.2, 0.25) is 0 Å². The van der Waals surface area contributed by atoms with Gasteiger partial charge in [0.05, 0.1) is 5.92 Å². The van der Waals surface area contributed by atoms with Gasteiger partial charge in [-0.05, 0) is 24.0 Å². The summed E-state index contributed by atoms with van der Waals surface area (Å²) in [6.45, 7) is -0.188. The lowest BCUT2D eigenvalue weighted by molar-refractivity contribution is -0.129. The van der Waals surface area contributed by atoms with Crippen LogP contribution in [0.15, 0.2) is 72.8 Å². The Balaban J connectivity index is 1.79. The molecule has 0 saturated heterocycles. The number of phenolic OH excluding ortho intramolecular Hbond substituents is 1. The topological polar surface area (TPSA) is 140 Å². The zero-order valence-electron chi connectivity index (χ0n) is 20.0. The van der Waals surface area contributed by atoms with Crippen molar-refractivity contribution in [1.82, 2.24) is 16.0 Å². The molecule has 194 valence electrons. The van der Waals surface area contributed by atoms with Crippen molar-refractivity contribution in [2.24, 2.45) is 5.73 Å². The number of hydrogen-bond acceptors (Lipinski definition) is 4. The van der Waals surface area contributed by atoms with Crippen molar-refractivity contribution >= 4 is 17.8 Å². The van der Waals surface area contributed by atoms with E-state index in [2.05, 4.69) is 16.0 Å². The van der Waals surface area contributed by atoms with E-state index in [-0.39, 0.29) is 18.9 Å². The molecule has 0 heterocycles. The zero-order chi connectivity index (χ0) is 26.8. The molecule has 37 heavy (non-hydrogen) atoms. The third-order valence-electron chi connectivity index (χ3n) is 5.71. The van der Waals surface area contributed by atoms with Gasteiger partial charge in [0.2, 0.25) is 11.8 Å². The van der Waals surface area contributed by atoms with Crippen LogP contribution in [0.5, 0.6) is 5.75 Å². The van der Waals surface area contributed by atoms with Gasteiger partial charge in [0.1, 0.15) is 23.4 Å². The highest BCUT2D eigenvalue weighted by Crippen LogP contribution is 2.25.